The van der Waals surface area contributed by atoms with Gasteiger partial charge in [-0.15, -0.1) is 0 Å². The highest BCUT2D eigenvalue weighted by molar-refractivity contribution is 9.10. The molecule has 1 unspecified atom stereocenters. The van der Waals surface area contributed by atoms with Crippen LogP contribution in [-0.4, -0.2) is 20.6 Å². The first-order valence-corrected chi connectivity index (χ1v) is 6.92. The van der Waals surface area contributed by atoms with Gasteiger partial charge in [-0.3, -0.25) is 0 Å². The summed E-state index contributed by atoms with van der Waals surface area (Å²) in [7, 11) is 0. The number of rotatable bonds is 1. The van der Waals surface area contributed by atoms with Crippen LogP contribution in [0.3, 0.4) is 0 Å². The van der Waals surface area contributed by atoms with E-state index in [1.165, 1.54) is 0 Å². The van der Waals surface area contributed by atoms with Crippen LogP contribution in [0, 0.1) is 6.92 Å². The predicted molar refractivity (Wildman–Crippen MR) is 74.4 cm³/mol. The molecule has 0 saturated heterocycles. The molecule has 6 heteroatoms. The molecule has 3 rings (SSSR count). The van der Waals surface area contributed by atoms with Crippen LogP contribution in [0.25, 0.3) is 5.65 Å². The Morgan fingerprint density at radius 1 is 1.44 bits per heavy atom. The lowest BCUT2D eigenvalue weighted by molar-refractivity contribution is 0.657. The largest absolute Gasteiger partial charge is 0.383 e. The molecule has 5 nitrogen and oxygen atoms in total. The molecule has 0 aromatic carbocycles. The van der Waals surface area contributed by atoms with Crippen LogP contribution in [0.4, 0.5) is 5.82 Å². The van der Waals surface area contributed by atoms with Gasteiger partial charge in [0.05, 0.1) is 16.4 Å². The number of nitrogens with two attached hydrogens (primary N) is 2. The van der Waals surface area contributed by atoms with Crippen molar-refractivity contribution >= 4 is 27.4 Å². The van der Waals surface area contributed by atoms with Gasteiger partial charge in [-0.1, -0.05) is 0 Å². The molecular formula is C12H16BrN5. The van der Waals surface area contributed by atoms with Crippen LogP contribution < -0.4 is 11.5 Å². The molecule has 1 aliphatic carbocycles. The van der Waals surface area contributed by atoms with Crippen molar-refractivity contribution in [1.82, 2.24) is 14.6 Å². The van der Waals surface area contributed by atoms with Crippen LogP contribution in [0.15, 0.2) is 10.7 Å². The summed E-state index contributed by atoms with van der Waals surface area (Å²) in [6.07, 6.45) is 4.88. The van der Waals surface area contributed by atoms with Crippen LogP contribution in [0.2, 0.25) is 0 Å². The molecule has 2 atom stereocenters. The van der Waals surface area contributed by atoms with E-state index in [9.17, 15) is 0 Å². The minimum atomic E-state index is 0.294. The van der Waals surface area contributed by atoms with Crippen molar-refractivity contribution in [3.05, 3.63) is 21.9 Å². The normalized spacial score (nSPS) is 23.9. The average molecular weight is 310 g/mol. The summed E-state index contributed by atoms with van der Waals surface area (Å²) in [4.78, 5) is 4.73. The summed E-state index contributed by atoms with van der Waals surface area (Å²) in [5.74, 6) is 1.09. The van der Waals surface area contributed by atoms with Crippen LogP contribution >= 0.6 is 15.9 Å². The Bertz CT molecular complexity index is 606. The smallest absolute Gasteiger partial charge is 0.171 e. The fraction of sp³-hybridized carbons (Fsp3) is 0.500. The fourth-order valence-electron chi connectivity index (χ4n) is 2.75. The number of aromatic nitrogens is 3. The zero-order valence-electron chi connectivity index (χ0n) is 10.2. The number of fused-ring (bicyclic) bond motifs is 1. The van der Waals surface area contributed by atoms with E-state index >= 15 is 0 Å². The summed E-state index contributed by atoms with van der Waals surface area (Å²) >= 11 is 3.45. The lowest BCUT2D eigenvalue weighted by atomic mass is 9.99. The van der Waals surface area contributed by atoms with Crippen molar-refractivity contribution in [1.29, 1.82) is 0 Å². The summed E-state index contributed by atoms with van der Waals surface area (Å²) < 4.78 is 2.55. The van der Waals surface area contributed by atoms with Gasteiger partial charge in [0.25, 0.3) is 0 Å². The van der Waals surface area contributed by atoms with Gasteiger partial charge < -0.3 is 11.5 Å². The molecule has 0 amide bonds. The van der Waals surface area contributed by atoms with E-state index in [0.29, 0.717) is 17.8 Å². The highest BCUT2D eigenvalue weighted by Gasteiger charge is 2.27. The maximum Gasteiger partial charge on any atom is 0.171 e. The monoisotopic (exact) mass is 309 g/mol. The minimum absolute atomic E-state index is 0.294. The van der Waals surface area contributed by atoms with Crippen molar-refractivity contribution in [2.24, 2.45) is 5.73 Å². The molecule has 0 aliphatic heterocycles. The Morgan fingerprint density at radius 2 is 2.22 bits per heavy atom. The molecule has 2 aromatic heterocycles. The quantitative estimate of drug-likeness (QED) is 0.844. The number of hydrogen-bond acceptors (Lipinski definition) is 4. The summed E-state index contributed by atoms with van der Waals surface area (Å²) in [5, 5.41) is 4.22. The topological polar surface area (TPSA) is 82.2 Å². The van der Waals surface area contributed by atoms with Crippen LogP contribution in [0.5, 0.6) is 0 Å². The Hall–Kier alpha value is -1.14. The third kappa shape index (κ3) is 1.71. The van der Waals surface area contributed by atoms with Crippen molar-refractivity contribution in [2.45, 2.75) is 38.1 Å². The maximum absolute atomic E-state index is 6.14. The Kier molecular flexibility index (Phi) is 2.79. The van der Waals surface area contributed by atoms with E-state index < -0.39 is 0 Å². The van der Waals surface area contributed by atoms with E-state index in [4.69, 9.17) is 16.5 Å². The first kappa shape index (κ1) is 11.9. The lowest BCUT2D eigenvalue weighted by Crippen LogP contribution is -2.15. The van der Waals surface area contributed by atoms with E-state index in [-0.39, 0.29) is 0 Å². The van der Waals surface area contributed by atoms with Gasteiger partial charge in [0.2, 0.25) is 0 Å². The van der Waals surface area contributed by atoms with Crippen LogP contribution in [0.1, 0.15) is 36.4 Å². The van der Waals surface area contributed by atoms with Gasteiger partial charge in [0.15, 0.2) is 5.65 Å². The number of nitrogen functional groups attached to an aromatic ring is 1. The molecule has 4 N–H and O–H groups in total. The molecule has 18 heavy (non-hydrogen) atoms. The SMILES string of the molecule is Cc1c(C2CC[C@H](N)C2)nc2c(Br)cnn2c1N. The third-order valence-corrected chi connectivity index (χ3v) is 4.34. The Labute approximate surface area is 114 Å². The standard InChI is InChI=1S/C12H16BrN5/c1-6-10(7-2-3-8(14)4-7)17-12-9(13)5-16-18(12)11(6)15/h5,7-8H,2-4,14-15H2,1H3/t7?,8-/m0/s1. The fourth-order valence-corrected chi connectivity index (χ4v) is 3.10. The molecule has 2 heterocycles. The van der Waals surface area contributed by atoms with Crippen molar-refractivity contribution in [3.8, 4) is 0 Å². The average Bonchev–Trinajstić information content (AvgIpc) is 2.91. The van der Waals surface area contributed by atoms with Gasteiger partial charge in [-0.2, -0.15) is 9.61 Å². The molecule has 0 bridgehead atoms. The molecule has 0 radical (unpaired) electrons. The van der Waals surface area contributed by atoms with Crippen LogP contribution in [-0.2, 0) is 0 Å². The highest BCUT2D eigenvalue weighted by atomic mass is 79.9. The van der Waals surface area contributed by atoms with E-state index in [1.54, 1.807) is 10.7 Å². The van der Waals surface area contributed by atoms with Crippen molar-refractivity contribution in [3.63, 3.8) is 0 Å². The second-order valence-corrected chi connectivity index (χ2v) is 5.86. The summed E-state index contributed by atoms with van der Waals surface area (Å²) in [5.41, 5.74) is 15.0. The van der Waals surface area contributed by atoms with E-state index in [1.807, 2.05) is 6.92 Å². The Morgan fingerprint density at radius 3 is 2.89 bits per heavy atom. The molecule has 96 valence electrons. The third-order valence-electron chi connectivity index (χ3n) is 3.78. The number of hydrogen-bond donors (Lipinski definition) is 2. The van der Waals surface area contributed by atoms with E-state index in [0.717, 1.165) is 40.6 Å². The molecule has 0 spiro atoms. The zero-order valence-corrected chi connectivity index (χ0v) is 11.8. The minimum Gasteiger partial charge on any atom is -0.383 e. The second kappa shape index (κ2) is 4.20. The van der Waals surface area contributed by atoms with Gasteiger partial charge in [0.1, 0.15) is 5.82 Å². The maximum atomic E-state index is 6.14. The lowest BCUT2D eigenvalue weighted by Gasteiger charge is -2.15. The zero-order chi connectivity index (χ0) is 12.9. The van der Waals surface area contributed by atoms with E-state index in [2.05, 4.69) is 21.0 Å². The van der Waals surface area contributed by atoms with Gasteiger partial charge in [-0.25, -0.2) is 4.98 Å². The van der Waals surface area contributed by atoms with Gasteiger partial charge >= 0.3 is 0 Å². The number of anilines is 1. The second-order valence-electron chi connectivity index (χ2n) is 5.01. The van der Waals surface area contributed by atoms with Gasteiger partial charge in [-0.05, 0) is 42.1 Å². The Balaban J connectivity index is 2.17. The van der Waals surface area contributed by atoms with Crippen molar-refractivity contribution < 1.29 is 0 Å². The first-order chi connectivity index (χ1) is 8.58. The molecule has 2 aromatic rings. The number of halogens is 1. The summed E-state index contributed by atoms with van der Waals surface area (Å²) in [6.45, 7) is 2.01. The molecule has 1 fully saturated rings. The predicted octanol–water partition coefficient (Wildman–Crippen LogP) is 1.98. The summed E-state index contributed by atoms with van der Waals surface area (Å²) in [6, 6.07) is 0.294. The molecule has 1 aliphatic rings. The first-order valence-electron chi connectivity index (χ1n) is 6.12. The molecule has 1 saturated carbocycles. The number of nitrogens with zero attached hydrogens (tertiary/aromatic N) is 3. The highest BCUT2D eigenvalue weighted by Crippen LogP contribution is 2.36. The van der Waals surface area contributed by atoms with Crippen molar-refractivity contribution in [2.75, 3.05) is 5.73 Å². The molecular weight excluding hydrogens is 294 g/mol. The van der Waals surface area contributed by atoms with Gasteiger partial charge in [0, 0.05) is 17.5 Å².